The Hall–Kier alpha value is -1.93. The fourth-order valence-corrected chi connectivity index (χ4v) is 3.83. The zero-order chi connectivity index (χ0) is 13.7. The van der Waals surface area contributed by atoms with E-state index >= 15 is 0 Å². The molecule has 0 fully saturated rings. The topological polar surface area (TPSA) is 20.3 Å². The summed E-state index contributed by atoms with van der Waals surface area (Å²) in [5.74, 6) is 0.243. The number of ketones is 1. The van der Waals surface area contributed by atoms with Gasteiger partial charge in [-0.15, -0.1) is 0 Å². The second-order valence-corrected chi connectivity index (χ2v) is 5.82. The Balaban J connectivity index is 1.91. The zero-order valence-corrected chi connectivity index (χ0v) is 11.5. The van der Waals surface area contributed by atoms with E-state index in [9.17, 15) is 4.79 Å². The van der Waals surface area contributed by atoms with Crippen LogP contribution in [0.2, 0.25) is 0 Å². The Morgan fingerprint density at radius 2 is 1.70 bits per heavy atom. The standard InChI is InChI=1S/C18H17NO/c1-12(20)11-19-17-10-13-6-2-3-7-14(13)18(19)16-9-5-4-8-15(16)17/h2-9,17-18H,10-11H2,1H3. The monoisotopic (exact) mass is 263 g/mol. The van der Waals surface area contributed by atoms with E-state index in [1.54, 1.807) is 6.92 Å². The van der Waals surface area contributed by atoms with Gasteiger partial charge in [-0.1, -0.05) is 48.5 Å². The van der Waals surface area contributed by atoms with E-state index in [1.807, 2.05) is 0 Å². The fraction of sp³-hybridized carbons (Fsp3) is 0.278. The number of hydrogen-bond donors (Lipinski definition) is 0. The highest BCUT2D eigenvalue weighted by molar-refractivity contribution is 5.78. The van der Waals surface area contributed by atoms with Crippen LogP contribution in [0.3, 0.4) is 0 Å². The average molecular weight is 263 g/mol. The molecular formula is C18H17NO. The van der Waals surface area contributed by atoms with Gasteiger partial charge >= 0.3 is 0 Å². The molecule has 2 aromatic rings. The highest BCUT2D eigenvalue weighted by Crippen LogP contribution is 2.51. The number of carbonyl (C=O) groups excluding carboxylic acids is 1. The first-order chi connectivity index (χ1) is 9.75. The number of Topliss-reactive ketones (excluding diaryl/α,β-unsaturated/α-hetero) is 1. The maximum absolute atomic E-state index is 11.7. The molecule has 2 nitrogen and oxygen atoms in total. The minimum Gasteiger partial charge on any atom is -0.299 e. The summed E-state index contributed by atoms with van der Waals surface area (Å²) >= 11 is 0. The minimum atomic E-state index is 0.243. The molecule has 20 heavy (non-hydrogen) atoms. The van der Waals surface area contributed by atoms with Gasteiger partial charge < -0.3 is 0 Å². The van der Waals surface area contributed by atoms with Gasteiger partial charge in [-0.3, -0.25) is 9.69 Å². The third-order valence-electron chi connectivity index (χ3n) is 4.55. The quantitative estimate of drug-likeness (QED) is 0.828. The van der Waals surface area contributed by atoms with Crippen molar-refractivity contribution in [3.05, 3.63) is 70.8 Å². The van der Waals surface area contributed by atoms with Crippen LogP contribution >= 0.6 is 0 Å². The molecule has 2 heteroatoms. The van der Waals surface area contributed by atoms with Crippen LogP contribution in [0.1, 0.15) is 41.3 Å². The molecule has 4 rings (SSSR count). The molecule has 0 aliphatic carbocycles. The summed E-state index contributed by atoms with van der Waals surface area (Å²) in [4.78, 5) is 14.0. The van der Waals surface area contributed by atoms with Gasteiger partial charge in [0.25, 0.3) is 0 Å². The molecule has 2 bridgehead atoms. The number of nitrogens with zero attached hydrogens (tertiary/aromatic N) is 1. The first-order valence-corrected chi connectivity index (χ1v) is 7.17. The Labute approximate surface area is 119 Å². The Kier molecular flexibility index (Phi) is 2.54. The van der Waals surface area contributed by atoms with Crippen molar-refractivity contribution in [3.8, 4) is 0 Å². The fourth-order valence-electron chi connectivity index (χ4n) is 3.83. The average Bonchev–Trinajstić information content (AvgIpc) is 2.65. The molecule has 2 atom stereocenters. The number of hydrogen-bond acceptors (Lipinski definition) is 2. The van der Waals surface area contributed by atoms with Crippen LogP contribution in [-0.2, 0) is 11.2 Å². The third kappa shape index (κ3) is 1.58. The predicted octanol–water partition coefficient (Wildman–Crippen LogP) is 3.28. The van der Waals surface area contributed by atoms with Gasteiger partial charge in [0.05, 0.1) is 12.6 Å². The van der Waals surface area contributed by atoms with E-state index < -0.39 is 0 Å². The lowest BCUT2D eigenvalue weighted by atomic mass is 9.91. The molecule has 0 aromatic heterocycles. The minimum absolute atomic E-state index is 0.243. The zero-order valence-electron chi connectivity index (χ0n) is 11.5. The van der Waals surface area contributed by atoms with Gasteiger partial charge in [-0.25, -0.2) is 0 Å². The van der Waals surface area contributed by atoms with Crippen LogP contribution < -0.4 is 0 Å². The molecule has 2 aliphatic heterocycles. The van der Waals surface area contributed by atoms with Crippen LogP contribution in [0.4, 0.5) is 0 Å². The van der Waals surface area contributed by atoms with E-state index in [2.05, 4.69) is 53.4 Å². The molecule has 2 heterocycles. The lowest BCUT2D eigenvalue weighted by molar-refractivity contribution is -0.119. The molecule has 0 saturated carbocycles. The molecule has 0 saturated heterocycles. The smallest absolute Gasteiger partial charge is 0.143 e. The summed E-state index contributed by atoms with van der Waals surface area (Å²) in [6.45, 7) is 2.23. The molecule has 0 amide bonds. The Morgan fingerprint density at radius 1 is 1.05 bits per heavy atom. The second kappa shape index (κ2) is 4.29. The number of rotatable bonds is 2. The summed E-state index contributed by atoms with van der Waals surface area (Å²) < 4.78 is 0. The summed E-state index contributed by atoms with van der Waals surface area (Å²) in [6, 6.07) is 17.9. The summed E-state index contributed by atoms with van der Waals surface area (Å²) in [5.41, 5.74) is 5.58. The summed E-state index contributed by atoms with van der Waals surface area (Å²) in [5, 5.41) is 0. The molecule has 2 aromatic carbocycles. The largest absolute Gasteiger partial charge is 0.299 e. The maximum Gasteiger partial charge on any atom is 0.143 e. The van der Waals surface area contributed by atoms with Crippen LogP contribution in [0, 0.1) is 0 Å². The molecule has 2 aliphatic rings. The normalized spacial score (nSPS) is 23.2. The lowest BCUT2D eigenvalue weighted by Gasteiger charge is -2.36. The van der Waals surface area contributed by atoms with Crippen molar-refractivity contribution in [1.29, 1.82) is 0 Å². The molecule has 0 radical (unpaired) electrons. The second-order valence-electron chi connectivity index (χ2n) is 5.82. The Morgan fingerprint density at radius 3 is 2.45 bits per heavy atom. The van der Waals surface area contributed by atoms with Crippen molar-refractivity contribution in [1.82, 2.24) is 4.90 Å². The van der Waals surface area contributed by atoms with Crippen LogP contribution in [0.5, 0.6) is 0 Å². The van der Waals surface area contributed by atoms with Crippen molar-refractivity contribution < 1.29 is 4.79 Å². The van der Waals surface area contributed by atoms with Crippen molar-refractivity contribution >= 4 is 5.78 Å². The first-order valence-electron chi connectivity index (χ1n) is 7.17. The predicted molar refractivity (Wildman–Crippen MR) is 78.6 cm³/mol. The van der Waals surface area contributed by atoms with E-state index in [0.717, 1.165) is 6.42 Å². The van der Waals surface area contributed by atoms with E-state index in [4.69, 9.17) is 0 Å². The molecule has 0 N–H and O–H groups in total. The van der Waals surface area contributed by atoms with E-state index in [0.29, 0.717) is 12.6 Å². The number of fused-ring (bicyclic) bond motifs is 7. The van der Waals surface area contributed by atoms with Gasteiger partial charge in [-0.05, 0) is 35.6 Å². The van der Waals surface area contributed by atoms with Crippen molar-refractivity contribution in [2.75, 3.05) is 6.54 Å². The van der Waals surface area contributed by atoms with Crippen LogP contribution in [0.15, 0.2) is 48.5 Å². The SMILES string of the molecule is CC(=O)CN1C2Cc3ccccc3C1c1ccccc12. The highest BCUT2D eigenvalue weighted by Gasteiger charge is 2.43. The molecule has 0 spiro atoms. The summed E-state index contributed by atoms with van der Waals surface area (Å²) in [6.07, 6.45) is 1.01. The van der Waals surface area contributed by atoms with Gasteiger partial charge in [0.1, 0.15) is 5.78 Å². The van der Waals surface area contributed by atoms with Crippen LogP contribution in [0.25, 0.3) is 0 Å². The number of carbonyl (C=O) groups is 1. The molecule has 2 unspecified atom stereocenters. The van der Waals surface area contributed by atoms with Crippen molar-refractivity contribution in [2.24, 2.45) is 0 Å². The lowest BCUT2D eigenvalue weighted by Crippen LogP contribution is -2.36. The number of benzene rings is 2. The van der Waals surface area contributed by atoms with Crippen molar-refractivity contribution in [2.45, 2.75) is 25.4 Å². The highest BCUT2D eigenvalue weighted by atomic mass is 16.1. The van der Waals surface area contributed by atoms with Gasteiger partial charge in [0, 0.05) is 6.04 Å². The van der Waals surface area contributed by atoms with Gasteiger partial charge in [0.15, 0.2) is 0 Å². The Bertz CT molecular complexity index is 680. The van der Waals surface area contributed by atoms with Gasteiger partial charge in [0.2, 0.25) is 0 Å². The van der Waals surface area contributed by atoms with E-state index in [-0.39, 0.29) is 11.8 Å². The van der Waals surface area contributed by atoms with Crippen molar-refractivity contribution in [3.63, 3.8) is 0 Å². The molecule has 100 valence electrons. The van der Waals surface area contributed by atoms with E-state index in [1.165, 1.54) is 22.3 Å². The molecular weight excluding hydrogens is 246 g/mol. The first kappa shape index (κ1) is 11.9. The van der Waals surface area contributed by atoms with Crippen LogP contribution in [-0.4, -0.2) is 17.2 Å². The summed E-state index contributed by atoms with van der Waals surface area (Å²) in [7, 11) is 0. The maximum atomic E-state index is 11.7. The third-order valence-corrected chi connectivity index (χ3v) is 4.55. The van der Waals surface area contributed by atoms with Gasteiger partial charge in [-0.2, -0.15) is 0 Å².